The summed E-state index contributed by atoms with van der Waals surface area (Å²) in [5, 5.41) is 12.3. The molecule has 2 N–H and O–H groups in total. The van der Waals surface area contributed by atoms with Crippen LogP contribution >= 0.6 is 23.4 Å². The minimum absolute atomic E-state index is 0.108. The number of pyridine rings is 1. The minimum Gasteiger partial charge on any atom is -0.478 e. The van der Waals surface area contributed by atoms with Crippen molar-refractivity contribution in [3.8, 4) is 0 Å². The van der Waals surface area contributed by atoms with E-state index < -0.39 is 5.97 Å². The quantitative estimate of drug-likeness (QED) is 0.882. The Kier molecular flexibility index (Phi) is 4.12. The maximum absolute atomic E-state index is 10.7. The summed E-state index contributed by atoms with van der Waals surface area (Å²) in [5.74, 6) is 2.58. The fourth-order valence-corrected chi connectivity index (χ4v) is 3.19. The Hall–Kier alpha value is -0.940. The van der Waals surface area contributed by atoms with Crippen LogP contribution in [0.1, 0.15) is 16.8 Å². The Bertz CT molecular complexity index is 422. The Morgan fingerprint density at radius 3 is 3.12 bits per heavy atom. The van der Waals surface area contributed by atoms with E-state index in [1.165, 1.54) is 24.4 Å². The molecule has 0 aliphatic carbocycles. The van der Waals surface area contributed by atoms with E-state index >= 15 is 0 Å². The Morgan fingerprint density at radius 1 is 1.71 bits per heavy atom. The molecule has 1 aliphatic heterocycles. The largest absolute Gasteiger partial charge is 0.478 e. The summed E-state index contributed by atoms with van der Waals surface area (Å²) in [6.45, 7) is 0.839. The van der Waals surface area contributed by atoms with Gasteiger partial charge >= 0.3 is 5.97 Å². The summed E-state index contributed by atoms with van der Waals surface area (Å²) < 4.78 is 0. The summed E-state index contributed by atoms with van der Waals surface area (Å²) in [6, 6.07) is 1.42. The van der Waals surface area contributed by atoms with Gasteiger partial charge in [0.1, 0.15) is 5.82 Å². The van der Waals surface area contributed by atoms with Crippen LogP contribution in [0.3, 0.4) is 0 Å². The van der Waals surface area contributed by atoms with Gasteiger partial charge in [0.25, 0.3) is 0 Å². The molecule has 1 unspecified atom stereocenters. The number of hydrogen-bond acceptors (Lipinski definition) is 4. The van der Waals surface area contributed by atoms with Gasteiger partial charge in [-0.3, -0.25) is 0 Å². The molecule has 1 fully saturated rings. The fourth-order valence-electron chi connectivity index (χ4n) is 1.67. The number of aromatic nitrogens is 1. The summed E-state index contributed by atoms with van der Waals surface area (Å²) >= 11 is 7.92. The van der Waals surface area contributed by atoms with Crippen LogP contribution in [0.15, 0.2) is 12.3 Å². The lowest BCUT2D eigenvalue weighted by Crippen LogP contribution is -2.14. The number of aromatic carboxylic acids is 1. The van der Waals surface area contributed by atoms with Gasteiger partial charge in [0.2, 0.25) is 0 Å². The highest BCUT2D eigenvalue weighted by molar-refractivity contribution is 7.99. The highest BCUT2D eigenvalue weighted by Crippen LogP contribution is 2.25. The summed E-state index contributed by atoms with van der Waals surface area (Å²) in [6.07, 6.45) is 2.53. The van der Waals surface area contributed by atoms with Crippen molar-refractivity contribution in [2.45, 2.75) is 6.42 Å². The Labute approximate surface area is 109 Å². The highest BCUT2D eigenvalue weighted by Gasteiger charge is 2.16. The number of carboxylic acids is 1. The maximum Gasteiger partial charge on any atom is 0.337 e. The molecule has 6 heteroatoms. The van der Waals surface area contributed by atoms with Crippen LogP contribution in [0.4, 0.5) is 5.82 Å². The van der Waals surface area contributed by atoms with E-state index in [-0.39, 0.29) is 5.56 Å². The van der Waals surface area contributed by atoms with Crippen LogP contribution < -0.4 is 5.32 Å². The summed E-state index contributed by atoms with van der Waals surface area (Å²) in [4.78, 5) is 14.7. The van der Waals surface area contributed by atoms with Gasteiger partial charge in [-0.2, -0.15) is 11.8 Å². The van der Waals surface area contributed by atoms with Crippen molar-refractivity contribution < 1.29 is 9.90 Å². The number of thioether (sulfide) groups is 1. The van der Waals surface area contributed by atoms with E-state index in [4.69, 9.17) is 16.7 Å². The lowest BCUT2D eigenvalue weighted by Gasteiger charge is -2.11. The van der Waals surface area contributed by atoms with E-state index in [0.717, 1.165) is 12.3 Å². The molecule has 1 saturated heterocycles. The molecule has 2 heterocycles. The first-order chi connectivity index (χ1) is 8.16. The van der Waals surface area contributed by atoms with Crippen molar-refractivity contribution in [3.05, 3.63) is 22.8 Å². The molecular formula is C11H13ClN2O2S. The van der Waals surface area contributed by atoms with Crippen LogP contribution in [0.25, 0.3) is 0 Å². The van der Waals surface area contributed by atoms with E-state index in [2.05, 4.69) is 10.3 Å². The molecule has 1 aliphatic rings. The van der Waals surface area contributed by atoms with Crippen molar-refractivity contribution in [3.63, 3.8) is 0 Å². The number of nitrogens with one attached hydrogen (secondary N) is 1. The Balaban J connectivity index is 1.98. The number of anilines is 1. The second-order valence-corrected chi connectivity index (χ2v) is 5.53. The lowest BCUT2D eigenvalue weighted by molar-refractivity contribution is 0.0696. The van der Waals surface area contributed by atoms with Gasteiger partial charge in [-0.1, -0.05) is 11.6 Å². The lowest BCUT2D eigenvalue weighted by atomic mass is 10.1. The molecule has 0 amide bonds. The third-order valence-electron chi connectivity index (χ3n) is 2.67. The van der Waals surface area contributed by atoms with E-state index in [1.54, 1.807) is 0 Å². The van der Waals surface area contributed by atoms with Crippen LogP contribution in [0, 0.1) is 5.92 Å². The molecule has 1 aromatic heterocycles. The predicted molar refractivity (Wildman–Crippen MR) is 70.1 cm³/mol. The number of halogens is 1. The molecule has 0 bridgehead atoms. The third-order valence-corrected chi connectivity index (χ3v) is 4.19. The van der Waals surface area contributed by atoms with Gasteiger partial charge < -0.3 is 10.4 Å². The normalized spacial score (nSPS) is 19.2. The van der Waals surface area contributed by atoms with Gasteiger partial charge in [0.15, 0.2) is 0 Å². The number of hydrogen-bond donors (Lipinski definition) is 2. The molecule has 0 saturated carbocycles. The molecule has 1 aromatic rings. The van der Waals surface area contributed by atoms with Gasteiger partial charge in [-0.25, -0.2) is 9.78 Å². The van der Waals surface area contributed by atoms with Crippen LogP contribution in [-0.4, -0.2) is 34.1 Å². The average Bonchev–Trinajstić information content (AvgIpc) is 2.80. The average molecular weight is 273 g/mol. The molecule has 17 heavy (non-hydrogen) atoms. The van der Waals surface area contributed by atoms with Gasteiger partial charge in [-0.05, 0) is 29.9 Å². The van der Waals surface area contributed by atoms with E-state index in [0.29, 0.717) is 16.8 Å². The van der Waals surface area contributed by atoms with Crippen molar-refractivity contribution >= 4 is 35.1 Å². The predicted octanol–water partition coefficient (Wildman–Crippen LogP) is 2.60. The van der Waals surface area contributed by atoms with Crippen LogP contribution in [0.2, 0.25) is 5.02 Å². The molecule has 0 radical (unpaired) electrons. The van der Waals surface area contributed by atoms with Crippen LogP contribution in [-0.2, 0) is 0 Å². The second-order valence-electron chi connectivity index (χ2n) is 3.97. The zero-order chi connectivity index (χ0) is 12.3. The van der Waals surface area contributed by atoms with Crippen molar-refractivity contribution in [1.82, 2.24) is 4.98 Å². The topological polar surface area (TPSA) is 62.2 Å². The maximum atomic E-state index is 10.7. The minimum atomic E-state index is -1.02. The SMILES string of the molecule is O=C(O)c1cnc(NCC2CCSC2)c(Cl)c1. The molecule has 0 spiro atoms. The van der Waals surface area contributed by atoms with Gasteiger partial charge in [0, 0.05) is 12.7 Å². The second kappa shape index (κ2) is 5.60. The van der Waals surface area contributed by atoms with Crippen LogP contribution in [0.5, 0.6) is 0 Å². The summed E-state index contributed by atoms with van der Waals surface area (Å²) in [7, 11) is 0. The standard InChI is InChI=1S/C11H13ClN2O2S/c12-9-3-8(11(15)16)5-14-10(9)13-4-7-1-2-17-6-7/h3,5,7H,1-2,4,6H2,(H,13,14)(H,15,16). The van der Waals surface area contributed by atoms with E-state index in [9.17, 15) is 4.79 Å². The molecular weight excluding hydrogens is 260 g/mol. The first kappa shape index (κ1) is 12.5. The van der Waals surface area contributed by atoms with E-state index in [1.807, 2.05) is 11.8 Å². The Morgan fingerprint density at radius 2 is 2.53 bits per heavy atom. The first-order valence-electron chi connectivity index (χ1n) is 5.37. The molecule has 4 nitrogen and oxygen atoms in total. The van der Waals surface area contributed by atoms with Gasteiger partial charge in [0.05, 0.1) is 10.6 Å². The molecule has 0 aromatic carbocycles. The number of carbonyl (C=O) groups is 1. The zero-order valence-corrected chi connectivity index (χ0v) is 10.7. The van der Waals surface area contributed by atoms with Crippen molar-refractivity contribution in [2.24, 2.45) is 5.92 Å². The number of carboxylic acid groups (broad SMARTS) is 1. The fraction of sp³-hybridized carbons (Fsp3) is 0.455. The summed E-state index contributed by atoms with van der Waals surface area (Å²) in [5.41, 5.74) is 0.108. The smallest absolute Gasteiger partial charge is 0.337 e. The number of nitrogens with zero attached hydrogens (tertiary/aromatic N) is 1. The highest BCUT2D eigenvalue weighted by atomic mass is 35.5. The van der Waals surface area contributed by atoms with Crippen molar-refractivity contribution in [1.29, 1.82) is 0 Å². The van der Waals surface area contributed by atoms with Crippen molar-refractivity contribution in [2.75, 3.05) is 23.4 Å². The zero-order valence-electron chi connectivity index (χ0n) is 9.15. The van der Waals surface area contributed by atoms with Gasteiger partial charge in [-0.15, -0.1) is 0 Å². The molecule has 92 valence electrons. The monoisotopic (exact) mass is 272 g/mol. The molecule has 1 atom stereocenters. The molecule has 2 rings (SSSR count). The number of rotatable bonds is 4. The first-order valence-corrected chi connectivity index (χ1v) is 6.90. The third kappa shape index (κ3) is 3.26.